The Hall–Kier alpha value is -4.02. The van der Waals surface area contributed by atoms with Gasteiger partial charge in [-0.05, 0) is 25.0 Å². The third kappa shape index (κ3) is 4.07. The van der Waals surface area contributed by atoms with Gasteiger partial charge in [-0.1, -0.05) is 24.3 Å². The van der Waals surface area contributed by atoms with E-state index in [0.29, 0.717) is 42.0 Å². The molecular formula is C24H22F3N7O. The number of pyridine rings is 1. The summed E-state index contributed by atoms with van der Waals surface area (Å²) in [7, 11) is 0. The first kappa shape index (κ1) is 22.8. The maximum Gasteiger partial charge on any atom is 0.266 e. The second-order valence-electron chi connectivity index (χ2n) is 8.40. The standard InChI is InChI=1S/C24H22F3N7O/c1-13(16-4-3-5-17(20(16)25)21(26)27)31-22-19-10-18(15-6-8-33(9-7-15)14(2)35)24-32-30-12-34(24)23(19)29-11-28-22/h3-6,10-13,21H,7-9H2,1-2H3,(H,28,29,31)/t13-/m1/s1. The van der Waals surface area contributed by atoms with E-state index in [0.717, 1.165) is 17.2 Å². The monoisotopic (exact) mass is 481 g/mol. The molecule has 0 saturated carbocycles. The van der Waals surface area contributed by atoms with Crippen LogP contribution in [0, 0.1) is 5.82 Å². The lowest BCUT2D eigenvalue weighted by Gasteiger charge is -2.25. The molecule has 35 heavy (non-hydrogen) atoms. The quantitative estimate of drug-likeness (QED) is 0.450. The van der Waals surface area contributed by atoms with Crippen molar-refractivity contribution in [2.45, 2.75) is 32.7 Å². The fourth-order valence-electron chi connectivity index (χ4n) is 4.40. The van der Waals surface area contributed by atoms with E-state index >= 15 is 0 Å². The largest absolute Gasteiger partial charge is 0.363 e. The second kappa shape index (κ2) is 8.97. The number of anilines is 1. The number of fused-ring (bicyclic) bond motifs is 3. The smallest absolute Gasteiger partial charge is 0.266 e. The average Bonchev–Trinajstić information content (AvgIpc) is 3.34. The van der Waals surface area contributed by atoms with Crippen LogP contribution in [0.15, 0.2) is 43.0 Å². The molecule has 180 valence electrons. The van der Waals surface area contributed by atoms with Gasteiger partial charge in [-0.2, -0.15) is 0 Å². The lowest BCUT2D eigenvalue weighted by atomic mass is 9.99. The van der Waals surface area contributed by atoms with E-state index < -0.39 is 23.8 Å². The van der Waals surface area contributed by atoms with Crippen molar-refractivity contribution in [2.24, 2.45) is 0 Å². The van der Waals surface area contributed by atoms with Gasteiger partial charge >= 0.3 is 0 Å². The molecule has 11 heteroatoms. The predicted molar refractivity (Wildman–Crippen MR) is 124 cm³/mol. The molecule has 5 rings (SSSR count). The lowest BCUT2D eigenvalue weighted by Crippen LogP contribution is -2.32. The summed E-state index contributed by atoms with van der Waals surface area (Å²) in [6.45, 7) is 4.31. The molecule has 0 fully saturated rings. The van der Waals surface area contributed by atoms with Crippen LogP contribution in [-0.4, -0.2) is 48.5 Å². The maximum absolute atomic E-state index is 14.7. The molecule has 1 aliphatic rings. The Labute approximate surface area is 198 Å². The van der Waals surface area contributed by atoms with E-state index in [9.17, 15) is 18.0 Å². The number of hydrogen-bond donors (Lipinski definition) is 1. The number of aromatic nitrogens is 5. The van der Waals surface area contributed by atoms with Crippen molar-refractivity contribution in [3.63, 3.8) is 0 Å². The zero-order valence-electron chi connectivity index (χ0n) is 19.0. The van der Waals surface area contributed by atoms with E-state index in [1.165, 1.54) is 18.5 Å². The minimum Gasteiger partial charge on any atom is -0.363 e. The van der Waals surface area contributed by atoms with Crippen molar-refractivity contribution in [2.75, 3.05) is 18.4 Å². The number of nitrogens with one attached hydrogen (secondary N) is 1. The molecule has 0 saturated heterocycles. The first-order valence-corrected chi connectivity index (χ1v) is 11.1. The van der Waals surface area contributed by atoms with Gasteiger partial charge in [0.15, 0.2) is 11.3 Å². The fraction of sp³-hybridized carbons (Fsp3) is 0.292. The van der Waals surface area contributed by atoms with Gasteiger partial charge in [0.05, 0.1) is 17.0 Å². The topological polar surface area (TPSA) is 88.3 Å². The van der Waals surface area contributed by atoms with E-state index in [4.69, 9.17) is 0 Å². The Morgan fingerprint density at radius 3 is 2.69 bits per heavy atom. The summed E-state index contributed by atoms with van der Waals surface area (Å²) in [6.07, 6.45) is 2.65. The summed E-state index contributed by atoms with van der Waals surface area (Å²) in [4.78, 5) is 22.2. The van der Waals surface area contributed by atoms with E-state index in [-0.39, 0.29) is 11.5 Å². The third-order valence-electron chi connectivity index (χ3n) is 6.28. The molecule has 0 unspecified atom stereocenters. The summed E-state index contributed by atoms with van der Waals surface area (Å²) in [5, 5.41) is 12.1. The summed E-state index contributed by atoms with van der Waals surface area (Å²) in [6, 6.07) is 5.21. The summed E-state index contributed by atoms with van der Waals surface area (Å²) in [5.74, 6) is -0.503. The predicted octanol–water partition coefficient (Wildman–Crippen LogP) is 4.56. The highest BCUT2D eigenvalue weighted by molar-refractivity contribution is 5.94. The first-order valence-electron chi connectivity index (χ1n) is 11.1. The molecule has 8 nitrogen and oxygen atoms in total. The molecule has 1 aromatic carbocycles. The van der Waals surface area contributed by atoms with Crippen LogP contribution in [0.1, 0.15) is 49.4 Å². The minimum absolute atomic E-state index is 0.0171. The van der Waals surface area contributed by atoms with Gasteiger partial charge in [0.2, 0.25) is 5.91 Å². The highest BCUT2D eigenvalue weighted by atomic mass is 19.3. The Balaban J connectivity index is 1.58. The van der Waals surface area contributed by atoms with Crippen molar-refractivity contribution in [1.29, 1.82) is 0 Å². The fourth-order valence-corrected chi connectivity index (χ4v) is 4.40. The van der Waals surface area contributed by atoms with E-state index in [1.54, 1.807) is 29.5 Å². The number of alkyl halides is 2. The summed E-state index contributed by atoms with van der Waals surface area (Å²) in [5.41, 5.74) is 2.48. The van der Waals surface area contributed by atoms with Crippen molar-refractivity contribution < 1.29 is 18.0 Å². The number of benzene rings is 1. The van der Waals surface area contributed by atoms with Crippen LogP contribution in [0.3, 0.4) is 0 Å². The Kier molecular flexibility index (Phi) is 5.83. The molecule has 1 atom stereocenters. The second-order valence-corrected chi connectivity index (χ2v) is 8.40. The summed E-state index contributed by atoms with van der Waals surface area (Å²) >= 11 is 0. The molecule has 1 aliphatic heterocycles. The Morgan fingerprint density at radius 1 is 1.17 bits per heavy atom. The molecule has 4 aromatic rings. The van der Waals surface area contributed by atoms with Crippen molar-refractivity contribution >= 4 is 34.0 Å². The van der Waals surface area contributed by atoms with Gasteiger partial charge in [-0.15, -0.1) is 10.2 Å². The van der Waals surface area contributed by atoms with Crippen LogP contribution in [0.5, 0.6) is 0 Å². The maximum atomic E-state index is 14.7. The van der Waals surface area contributed by atoms with Crippen LogP contribution in [0.25, 0.3) is 22.3 Å². The van der Waals surface area contributed by atoms with Crippen molar-refractivity contribution in [1.82, 2.24) is 29.5 Å². The molecule has 3 aromatic heterocycles. The van der Waals surface area contributed by atoms with E-state index in [2.05, 4.69) is 25.5 Å². The van der Waals surface area contributed by atoms with E-state index in [1.807, 2.05) is 12.1 Å². The van der Waals surface area contributed by atoms with Gasteiger partial charge in [-0.25, -0.2) is 23.1 Å². The highest BCUT2D eigenvalue weighted by Gasteiger charge is 2.22. The van der Waals surface area contributed by atoms with Gasteiger partial charge in [-0.3, -0.25) is 9.20 Å². The average molecular weight is 481 g/mol. The third-order valence-corrected chi connectivity index (χ3v) is 6.28. The van der Waals surface area contributed by atoms with Crippen LogP contribution < -0.4 is 5.32 Å². The Morgan fingerprint density at radius 2 is 1.97 bits per heavy atom. The first-order chi connectivity index (χ1) is 16.8. The number of amides is 1. The minimum atomic E-state index is -2.91. The zero-order chi connectivity index (χ0) is 24.7. The molecule has 1 amide bonds. The SMILES string of the molecule is CC(=O)N1CC=C(c2cc3c(N[C@H](C)c4cccc(C(F)F)c4F)ncnc3n3cnnc23)CC1. The van der Waals surface area contributed by atoms with Crippen LogP contribution in [0.2, 0.25) is 0 Å². The molecule has 0 spiro atoms. The number of halogens is 3. The van der Waals surface area contributed by atoms with Gasteiger partial charge in [0.1, 0.15) is 24.3 Å². The molecule has 0 bridgehead atoms. The lowest BCUT2D eigenvalue weighted by molar-refractivity contribution is -0.128. The zero-order valence-corrected chi connectivity index (χ0v) is 19.0. The number of carbonyl (C=O) groups excluding carboxylic acids is 1. The van der Waals surface area contributed by atoms with Crippen molar-refractivity contribution in [3.8, 4) is 0 Å². The van der Waals surface area contributed by atoms with Crippen LogP contribution in [0.4, 0.5) is 19.0 Å². The molecular weight excluding hydrogens is 459 g/mol. The number of rotatable bonds is 5. The van der Waals surface area contributed by atoms with Gasteiger partial charge in [0.25, 0.3) is 6.43 Å². The number of carbonyl (C=O) groups is 1. The van der Waals surface area contributed by atoms with Crippen molar-refractivity contribution in [3.05, 3.63) is 65.5 Å². The number of nitrogens with zero attached hydrogens (tertiary/aromatic N) is 6. The summed E-state index contributed by atoms with van der Waals surface area (Å²) < 4.78 is 42.9. The molecule has 0 radical (unpaired) electrons. The molecule has 4 heterocycles. The highest BCUT2D eigenvalue weighted by Crippen LogP contribution is 2.33. The Bertz CT molecular complexity index is 1470. The number of hydrogen-bond acceptors (Lipinski definition) is 6. The van der Waals surface area contributed by atoms with Gasteiger partial charge in [0, 0.05) is 31.1 Å². The van der Waals surface area contributed by atoms with Gasteiger partial charge < -0.3 is 10.2 Å². The normalized spacial score (nSPS) is 15.0. The van der Waals surface area contributed by atoms with Crippen LogP contribution in [-0.2, 0) is 4.79 Å². The van der Waals surface area contributed by atoms with Crippen LogP contribution >= 0.6 is 0 Å². The molecule has 1 N–H and O–H groups in total. The molecule has 0 aliphatic carbocycles.